The molecule has 10 heteroatoms. The van der Waals surface area contributed by atoms with E-state index in [1.165, 1.54) is 49.8 Å². The number of carbonyl (C=O) groups is 2. The van der Waals surface area contributed by atoms with Crippen LogP contribution in [0.3, 0.4) is 0 Å². The van der Waals surface area contributed by atoms with Crippen LogP contribution in [-0.4, -0.2) is 38.7 Å². The van der Waals surface area contributed by atoms with E-state index in [2.05, 4.69) is 15.3 Å². The third kappa shape index (κ3) is 3.27. The Hall–Kier alpha value is -4.34. The van der Waals surface area contributed by atoms with Crippen molar-refractivity contribution in [2.24, 2.45) is 0 Å². The summed E-state index contributed by atoms with van der Waals surface area (Å²) in [4.78, 5) is 29.7. The normalized spacial score (nSPS) is 13.0. The highest BCUT2D eigenvalue weighted by Gasteiger charge is 2.37. The fourth-order valence-corrected chi connectivity index (χ4v) is 3.78. The van der Waals surface area contributed by atoms with Gasteiger partial charge in [-0.05, 0) is 23.8 Å². The van der Waals surface area contributed by atoms with Gasteiger partial charge in [-0.15, -0.1) is 5.10 Å². The van der Waals surface area contributed by atoms with Crippen molar-refractivity contribution in [3.8, 4) is 22.6 Å². The zero-order chi connectivity index (χ0) is 23.3. The van der Waals surface area contributed by atoms with Gasteiger partial charge in [0.05, 0.1) is 24.6 Å². The first-order valence-corrected chi connectivity index (χ1v) is 9.64. The lowest BCUT2D eigenvalue weighted by molar-refractivity contribution is -0.137. The van der Waals surface area contributed by atoms with Crippen molar-refractivity contribution in [1.82, 2.24) is 20.0 Å². The first-order chi connectivity index (χ1) is 15.8. The van der Waals surface area contributed by atoms with Crippen LogP contribution < -0.4 is 4.74 Å². The molecule has 0 saturated heterocycles. The summed E-state index contributed by atoms with van der Waals surface area (Å²) in [5, 5.41) is 7.62. The van der Waals surface area contributed by atoms with Gasteiger partial charge in [0.15, 0.2) is 5.69 Å². The van der Waals surface area contributed by atoms with Crippen molar-refractivity contribution in [1.29, 1.82) is 0 Å². The van der Waals surface area contributed by atoms with Crippen molar-refractivity contribution in [3.63, 3.8) is 0 Å². The van der Waals surface area contributed by atoms with Gasteiger partial charge >= 0.3 is 6.18 Å². The number of fused-ring (bicyclic) bond motifs is 2. The van der Waals surface area contributed by atoms with E-state index in [1.54, 1.807) is 12.1 Å². The SMILES string of the molecule is COc1cncc(-c2ccc(-n3nnc4c3C(=O)c3ccccc3C4=O)cc2C(F)(F)F)c1. The maximum atomic E-state index is 14.0. The van der Waals surface area contributed by atoms with Gasteiger partial charge in [-0.3, -0.25) is 14.6 Å². The molecule has 0 bridgehead atoms. The van der Waals surface area contributed by atoms with Crippen LogP contribution in [0.25, 0.3) is 16.8 Å². The van der Waals surface area contributed by atoms with Gasteiger partial charge < -0.3 is 4.74 Å². The minimum Gasteiger partial charge on any atom is -0.495 e. The molecular formula is C23H13F3N4O3. The van der Waals surface area contributed by atoms with E-state index in [1.807, 2.05) is 0 Å². The number of carbonyl (C=O) groups excluding carboxylic acids is 2. The molecule has 0 saturated carbocycles. The fraction of sp³-hybridized carbons (Fsp3) is 0.0870. The van der Waals surface area contributed by atoms with Gasteiger partial charge in [0.1, 0.15) is 11.4 Å². The van der Waals surface area contributed by atoms with Gasteiger partial charge in [0.2, 0.25) is 11.6 Å². The number of aromatic nitrogens is 4. The summed E-state index contributed by atoms with van der Waals surface area (Å²) >= 11 is 0. The Morgan fingerprint density at radius 3 is 2.33 bits per heavy atom. The molecule has 0 atom stereocenters. The quantitative estimate of drug-likeness (QED) is 0.411. The van der Waals surface area contributed by atoms with E-state index in [0.29, 0.717) is 5.75 Å². The number of pyridine rings is 1. The summed E-state index contributed by atoms with van der Waals surface area (Å²) in [5.41, 5.74) is -0.998. The maximum Gasteiger partial charge on any atom is 0.417 e. The molecule has 0 fully saturated rings. The van der Waals surface area contributed by atoms with E-state index in [-0.39, 0.29) is 39.3 Å². The standard InChI is InChI=1S/C23H13F3N4O3/c1-33-14-8-12(10-27-11-14)15-7-6-13(9-18(15)23(24,25)26)30-20-19(28-29-30)21(31)16-4-2-3-5-17(16)22(20)32/h2-11H,1H3. The molecule has 2 aromatic carbocycles. The lowest BCUT2D eigenvalue weighted by atomic mass is 9.90. The lowest BCUT2D eigenvalue weighted by Crippen LogP contribution is -2.23. The average molecular weight is 450 g/mol. The lowest BCUT2D eigenvalue weighted by Gasteiger charge is -2.17. The van der Waals surface area contributed by atoms with Crippen molar-refractivity contribution in [2.45, 2.75) is 6.18 Å². The number of benzene rings is 2. The van der Waals surface area contributed by atoms with E-state index < -0.39 is 23.3 Å². The molecule has 1 aliphatic rings. The summed E-state index contributed by atoms with van der Waals surface area (Å²) in [6, 6.07) is 11.1. The topological polar surface area (TPSA) is 87.0 Å². The second kappa shape index (κ2) is 7.37. The van der Waals surface area contributed by atoms with Crippen LogP contribution in [0.2, 0.25) is 0 Å². The number of ether oxygens (including phenoxy) is 1. The Morgan fingerprint density at radius 1 is 0.909 bits per heavy atom. The first-order valence-electron chi connectivity index (χ1n) is 9.64. The number of methoxy groups -OCH3 is 1. The number of hydrogen-bond donors (Lipinski definition) is 0. The number of alkyl halides is 3. The molecule has 0 radical (unpaired) electrons. The molecular weight excluding hydrogens is 437 g/mol. The molecule has 2 aromatic heterocycles. The van der Waals surface area contributed by atoms with Crippen LogP contribution in [0.5, 0.6) is 5.75 Å². The number of ketones is 2. The molecule has 0 aliphatic heterocycles. The van der Waals surface area contributed by atoms with E-state index in [0.717, 1.165) is 10.7 Å². The molecule has 0 amide bonds. The monoisotopic (exact) mass is 450 g/mol. The third-order valence-electron chi connectivity index (χ3n) is 5.33. The minimum atomic E-state index is -4.72. The molecule has 33 heavy (non-hydrogen) atoms. The summed E-state index contributed by atoms with van der Waals surface area (Å²) < 4.78 is 48.0. The first kappa shape index (κ1) is 20.6. The highest BCUT2D eigenvalue weighted by Crippen LogP contribution is 2.39. The summed E-state index contributed by atoms with van der Waals surface area (Å²) in [6.07, 6.45) is -2.04. The maximum absolute atomic E-state index is 14.0. The second-order valence-corrected chi connectivity index (χ2v) is 7.24. The molecule has 0 N–H and O–H groups in total. The van der Waals surface area contributed by atoms with Crippen molar-refractivity contribution in [3.05, 3.63) is 89.0 Å². The average Bonchev–Trinajstić information content (AvgIpc) is 3.27. The van der Waals surface area contributed by atoms with Crippen LogP contribution in [0.1, 0.15) is 37.7 Å². The summed E-state index contributed by atoms with van der Waals surface area (Å²) in [6.45, 7) is 0. The summed E-state index contributed by atoms with van der Waals surface area (Å²) in [7, 11) is 1.39. The smallest absolute Gasteiger partial charge is 0.417 e. The van der Waals surface area contributed by atoms with Crippen LogP contribution in [0.4, 0.5) is 13.2 Å². The van der Waals surface area contributed by atoms with Crippen LogP contribution in [-0.2, 0) is 6.18 Å². The molecule has 1 aliphatic carbocycles. The predicted octanol–water partition coefficient (Wildman–Crippen LogP) is 4.13. The fourth-order valence-electron chi connectivity index (χ4n) is 3.78. The van der Waals surface area contributed by atoms with Gasteiger partial charge in [0.25, 0.3) is 0 Å². The van der Waals surface area contributed by atoms with E-state index >= 15 is 0 Å². The van der Waals surface area contributed by atoms with Gasteiger partial charge in [0, 0.05) is 22.9 Å². The van der Waals surface area contributed by atoms with Crippen molar-refractivity contribution >= 4 is 11.6 Å². The van der Waals surface area contributed by atoms with Crippen LogP contribution >= 0.6 is 0 Å². The number of rotatable bonds is 3. The molecule has 7 nitrogen and oxygen atoms in total. The zero-order valence-electron chi connectivity index (χ0n) is 16.9. The summed E-state index contributed by atoms with van der Waals surface area (Å²) in [5.74, 6) is -0.751. The molecule has 5 rings (SSSR count). The highest BCUT2D eigenvalue weighted by molar-refractivity contribution is 6.27. The van der Waals surface area contributed by atoms with E-state index in [4.69, 9.17) is 4.74 Å². The van der Waals surface area contributed by atoms with Gasteiger partial charge in [-0.2, -0.15) is 13.2 Å². The Bertz CT molecular complexity index is 1440. The molecule has 0 unspecified atom stereocenters. The van der Waals surface area contributed by atoms with Gasteiger partial charge in [-0.1, -0.05) is 35.5 Å². The van der Waals surface area contributed by atoms with E-state index in [9.17, 15) is 22.8 Å². The zero-order valence-corrected chi connectivity index (χ0v) is 16.9. The predicted molar refractivity (Wildman–Crippen MR) is 109 cm³/mol. The molecule has 2 heterocycles. The third-order valence-corrected chi connectivity index (χ3v) is 5.33. The Balaban J connectivity index is 1.67. The molecule has 164 valence electrons. The Labute approximate surface area is 184 Å². The van der Waals surface area contributed by atoms with Gasteiger partial charge in [-0.25, -0.2) is 4.68 Å². The van der Waals surface area contributed by atoms with Crippen molar-refractivity contribution < 1.29 is 27.5 Å². The van der Waals surface area contributed by atoms with Crippen LogP contribution in [0, 0.1) is 0 Å². The second-order valence-electron chi connectivity index (χ2n) is 7.24. The Morgan fingerprint density at radius 2 is 1.64 bits per heavy atom. The number of nitrogens with zero attached hydrogens (tertiary/aromatic N) is 4. The largest absolute Gasteiger partial charge is 0.495 e. The Kier molecular flexibility index (Phi) is 4.59. The molecule has 0 spiro atoms. The number of hydrogen-bond acceptors (Lipinski definition) is 6. The molecule has 4 aromatic rings. The van der Waals surface area contributed by atoms with Crippen LogP contribution in [0.15, 0.2) is 60.9 Å². The minimum absolute atomic E-state index is 0.0591. The highest BCUT2D eigenvalue weighted by atomic mass is 19.4. The number of halogens is 3. The van der Waals surface area contributed by atoms with Crippen molar-refractivity contribution in [2.75, 3.05) is 7.11 Å².